The van der Waals surface area contributed by atoms with Gasteiger partial charge >= 0.3 is 0 Å². The maximum atomic E-state index is 13.8. The Morgan fingerprint density at radius 1 is 1.05 bits per heavy atom. The highest BCUT2D eigenvalue weighted by molar-refractivity contribution is 5.85. The molecule has 3 rings (SSSR count). The summed E-state index contributed by atoms with van der Waals surface area (Å²) in [4.78, 5) is 8.14. The van der Waals surface area contributed by atoms with Gasteiger partial charge in [-0.15, -0.1) is 0 Å². The first kappa shape index (κ1) is 11.7. The average Bonchev–Trinajstić information content (AvgIpc) is 2.46. The van der Waals surface area contributed by atoms with E-state index in [9.17, 15) is 4.39 Å². The molecule has 0 fully saturated rings. The smallest absolute Gasteiger partial charge is 0.146 e. The lowest BCUT2D eigenvalue weighted by Gasteiger charge is -2.14. The molecule has 0 amide bonds. The molecule has 94 valence electrons. The number of hydrogen-bond acceptors (Lipinski definition) is 3. The van der Waals surface area contributed by atoms with Crippen LogP contribution in [0.25, 0.3) is 10.8 Å². The van der Waals surface area contributed by atoms with Gasteiger partial charge in [-0.3, -0.25) is 9.97 Å². The second-order valence-corrected chi connectivity index (χ2v) is 4.29. The van der Waals surface area contributed by atoms with Gasteiger partial charge in [-0.25, -0.2) is 4.39 Å². The molecular weight excluding hydrogens is 241 g/mol. The van der Waals surface area contributed by atoms with Crippen LogP contribution >= 0.6 is 0 Å². The lowest BCUT2D eigenvalue weighted by atomic mass is 9.98. The molecule has 0 aliphatic rings. The second-order valence-electron chi connectivity index (χ2n) is 4.29. The average molecular weight is 253 g/mol. The Labute approximate surface area is 109 Å². The van der Waals surface area contributed by atoms with Crippen molar-refractivity contribution in [3.63, 3.8) is 0 Å². The van der Waals surface area contributed by atoms with Crippen molar-refractivity contribution >= 4 is 10.8 Å². The SMILES string of the molecule is NC(c1ncccc1F)c1cccc2ccncc12. The van der Waals surface area contributed by atoms with E-state index in [1.54, 1.807) is 24.7 Å². The number of fused-ring (bicyclic) bond motifs is 1. The number of hydrogen-bond donors (Lipinski definition) is 1. The fourth-order valence-corrected chi connectivity index (χ4v) is 2.18. The van der Waals surface area contributed by atoms with Gasteiger partial charge in [0.25, 0.3) is 0 Å². The Morgan fingerprint density at radius 2 is 1.95 bits per heavy atom. The summed E-state index contributed by atoms with van der Waals surface area (Å²) in [6.45, 7) is 0. The van der Waals surface area contributed by atoms with Gasteiger partial charge in [0.1, 0.15) is 5.82 Å². The molecule has 0 bridgehead atoms. The molecule has 0 spiro atoms. The first-order valence-electron chi connectivity index (χ1n) is 5.96. The van der Waals surface area contributed by atoms with Crippen LogP contribution in [0.5, 0.6) is 0 Å². The van der Waals surface area contributed by atoms with E-state index in [-0.39, 0.29) is 5.69 Å². The largest absolute Gasteiger partial charge is 0.319 e. The maximum absolute atomic E-state index is 13.8. The van der Waals surface area contributed by atoms with Crippen molar-refractivity contribution in [3.8, 4) is 0 Å². The third kappa shape index (κ3) is 2.06. The molecule has 1 unspecified atom stereocenters. The monoisotopic (exact) mass is 253 g/mol. The van der Waals surface area contributed by atoms with Crippen LogP contribution in [0.4, 0.5) is 4.39 Å². The van der Waals surface area contributed by atoms with E-state index in [4.69, 9.17) is 5.73 Å². The van der Waals surface area contributed by atoms with E-state index in [2.05, 4.69) is 9.97 Å². The quantitative estimate of drug-likeness (QED) is 0.764. The Morgan fingerprint density at radius 3 is 2.79 bits per heavy atom. The van der Waals surface area contributed by atoms with E-state index < -0.39 is 11.9 Å². The zero-order valence-corrected chi connectivity index (χ0v) is 10.1. The van der Waals surface area contributed by atoms with Gasteiger partial charge in [-0.2, -0.15) is 0 Å². The topological polar surface area (TPSA) is 51.8 Å². The molecule has 0 aliphatic carbocycles. The lowest BCUT2D eigenvalue weighted by molar-refractivity contribution is 0.587. The highest BCUT2D eigenvalue weighted by Crippen LogP contribution is 2.26. The zero-order chi connectivity index (χ0) is 13.2. The van der Waals surface area contributed by atoms with Crippen molar-refractivity contribution in [1.29, 1.82) is 0 Å². The highest BCUT2D eigenvalue weighted by atomic mass is 19.1. The van der Waals surface area contributed by atoms with Crippen LogP contribution in [0, 0.1) is 5.82 Å². The number of nitrogens with two attached hydrogens (primary N) is 1. The summed E-state index contributed by atoms with van der Waals surface area (Å²) in [6.07, 6.45) is 5.01. The van der Waals surface area contributed by atoms with Crippen LogP contribution in [-0.4, -0.2) is 9.97 Å². The third-order valence-corrected chi connectivity index (χ3v) is 3.13. The van der Waals surface area contributed by atoms with Crippen LogP contribution < -0.4 is 5.73 Å². The van der Waals surface area contributed by atoms with Gasteiger partial charge in [0.15, 0.2) is 0 Å². The van der Waals surface area contributed by atoms with E-state index in [0.717, 1.165) is 16.3 Å². The van der Waals surface area contributed by atoms with E-state index in [1.165, 1.54) is 6.07 Å². The number of pyridine rings is 2. The minimum absolute atomic E-state index is 0.249. The molecule has 0 saturated heterocycles. The molecule has 2 aromatic heterocycles. The summed E-state index contributed by atoms with van der Waals surface area (Å²) >= 11 is 0. The number of nitrogens with zero attached hydrogens (tertiary/aromatic N) is 2. The predicted octanol–water partition coefficient (Wildman–Crippen LogP) is 2.82. The minimum atomic E-state index is -0.603. The van der Waals surface area contributed by atoms with Crippen molar-refractivity contribution in [1.82, 2.24) is 9.97 Å². The summed E-state index contributed by atoms with van der Waals surface area (Å²) < 4.78 is 13.8. The van der Waals surface area contributed by atoms with Crippen LogP contribution in [0.2, 0.25) is 0 Å². The van der Waals surface area contributed by atoms with E-state index in [1.807, 2.05) is 24.3 Å². The second kappa shape index (κ2) is 4.74. The molecule has 2 N–H and O–H groups in total. The van der Waals surface area contributed by atoms with Crippen molar-refractivity contribution in [2.75, 3.05) is 0 Å². The van der Waals surface area contributed by atoms with Crippen molar-refractivity contribution < 1.29 is 4.39 Å². The van der Waals surface area contributed by atoms with Gasteiger partial charge in [-0.05, 0) is 29.1 Å². The molecule has 4 heteroatoms. The van der Waals surface area contributed by atoms with E-state index >= 15 is 0 Å². The van der Waals surface area contributed by atoms with Gasteiger partial charge in [0.2, 0.25) is 0 Å². The van der Waals surface area contributed by atoms with Crippen LogP contribution in [0.1, 0.15) is 17.3 Å². The molecule has 19 heavy (non-hydrogen) atoms. The number of benzene rings is 1. The van der Waals surface area contributed by atoms with Crippen LogP contribution in [-0.2, 0) is 0 Å². The molecule has 0 radical (unpaired) electrons. The Kier molecular flexibility index (Phi) is 2.93. The van der Waals surface area contributed by atoms with Gasteiger partial charge in [-0.1, -0.05) is 18.2 Å². The fraction of sp³-hybridized carbons (Fsp3) is 0.0667. The third-order valence-electron chi connectivity index (χ3n) is 3.13. The van der Waals surface area contributed by atoms with Gasteiger partial charge in [0, 0.05) is 24.0 Å². The maximum Gasteiger partial charge on any atom is 0.146 e. The first-order chi connectivity index (χ1) is 9.27. The molecule has 3 aromatic rings. The molecule has 0 saturated carbocycles. The van der Waals surface area contributed by atoms with Crippen molar-refractivity contribution in [2.45, 2.75) is 6.04 Å². The zero-order valence-electron chi connectivity index (χ0n) is 10.1. The summed E-state index contributed by atoms with van der Waals surface area (Å²) in [7, 11) is 0. The predicted molar refractivity (Wildman–Crippen MR) is 72.0 cm³/mol. The first-order valence-corrected chi connectivity index (χ1v) is 5.96. The minimum Gasteiger partial charge on any atom is -0.319 e. The number of halogens is 1. The van der Waals surface area contributed by atoms with Crippen LogP contribution in [0.3, 0.4) is 0 Å². The summed E-state index contributed by atoms with van der Waals surface area (Å²) in [6, 6.07) is 9.97. The fourth-order valence-electron chi connectivity index (χ4n) is 2.18. The normalized spacial score (nSPS) is 12.5. The van der Waals surface area contributed by atoms with Crippen molar-refractivity contribution in [2.24, 2.45) is 5.73 Å². The lowest BCUT2D eigenvalue weighted by Crippen LogP contribution is -2.15. The number of rotatable bonds is 2. The standard InChI is InChI=1S/C15H12FN3/c16-13-5-2-7-19-15(13)14(17)11-4-1-3-10-6-8-18-9-12(10)11/h1-9,14H,17H2. The molecule has 0 aliphatic heterocycles. The van der Waals surface area contributed by atoms with Gasteiger partial charge in [0.05, 0.1) is 11.7 Å². The Bertz CT molecular complexity index is 722. The summed E-state index contributed by atoms with van der Waals surface area (Å²) in [5.41, 5.74) is 7.22. The van der Waals surface area contributed by atoms with Gasteiger partial charge < -0.3 is 5.73 Å². The van der Waals surface area contributed by atoms with Crippen molar-refractivity contribution in [3.05, 3.63) is 72.1 Å². The molecular formula is C15H12FN3. The molecule has 1 aromatic carbocycles. The van der Waals surface area contributed by atoms with Crippen LogP contribution in [0.15, 0.2) is 55.0 Å². The summed E-state index contributed by atoms with van der Waals surface area (Å²) in [5, 5.41) is 1.95. The summed E-state index contributed by atoms with van der Waals surface area (Å²) in [5.74, 6) is -0.393. The Hall–Kier alpha value is -2.33. The molecule has 1 atom stereocenters. The highest BCUT2D eigenvalue weighted by Gasteiger charge is 2.16. The Balaban J connectivity index is 2.17. The molecule has 2 heterocycles. The molecule has 3 nitrogen and oxygen atoms in total. The van der Waals surface area contributed by atoms with E-state index in [0.29, 0.717) is 0 Å². The number of aromatic nitrogens is 2.